The van der Waals surface area contributed by atoms with Crippen LogP contribution in [-0.4, -0.2) is 9.91 Å². The fourth-order valence-electron chi connectivity index (χ4n) is 0.552. The molecule has 0 spiro atoms. The predicted octanol–water partition coefficient (Wildman–Crippen LogP) is 2.04. The van der Waals surface area contributed by atoms with E-state index in [9.17, 15) is 10.1 Å². The molecule has 58 valence electrons. The van der Waals surface area contributed by atoms with E-state index in [4.69, 9.17) is 0 Å². The summed E-state index contributed by atoms with van der Waals surface area (Å²) >= 11 is 6.87. The van der Waals surface area contributed by atoms with Gasteiger partial charge in [-0.3, -0.25) is 0 Å². The molecule has 0 saturated heterocycles. The van der Waals surface area contributed by atoms with Gasteiger partial charge in [-0.05, 0) is 22.0 Å². The van der Waals surface area contributed by atoms with Crippen LogP contribution in [0.4, 0.5) is 5.82 Å². The van der Waals surface area contributed by atoms with Gasteiger partial charge in [0.1, 0.15) is 4.90 Å². The van der Waals surface area contributed by atoms with E-state index >= 15 is 0 Å². The van der Waals surface area contributed by atoms with Crippen molar-refractivity contribution in [2.45, 2.75) is 4.90 Å². The number of aromatic nitrogens is 1. The Balaban J connectivity index is 3.23. The van der Waals surface area contributed by atoms with Crippen LogP contribution in [-0.2, 0) is 0 Å². The number of pyridine rings is 1. The number of hydrogen-bond acceptors (Lipinski definition) is 4. The molecule has 1 rings (SSSR count). The fraction of sp³-hybridized carbons (Fsp3) is 0. The SMILES string of the molecule is O=[N+]([O-])c1nc(Br)ccc1S. The highest BCUT2D eigenvalue weighted by molar-refractivity contribution is 9.10. The van der Waals surface area contributed by atoms with Gasteiger partial charge in [0, 0.05) is 15.9 Å². The Morgan fingerprint density at radius 1 is 1.64 bits per heavy atom. The number of thiol groups is 1. The number of rotatable bonds is 1. The summed E-state index contributed by atoms with van der Waals surface area (Å²) in [5.41, 5.74) is 0. The molecule has 0 aromatic carbocycles. The van der Waals surface area contributed by atoms with Crippen LogP contribution in [0.25, 0.3) is 0 Å². The molecule has 0 aliphatic carbocycles. The van der Waals surface area contributed by atoms with Crippen molar-refractivity contribution in [2.75, 3.05) is 0 Å². The van der Waals surface area contributed by atoms with Crippen LogP contribution in [0.5, 0.6) is 0 Å². The zero-order chi connectivity index (χ0) is 8.43. The summed E-state index contributed by atoms with van der Waals surface area (Å²) in [5, 5.41) is 10.2. The van der Waals surface area contributed by atoms with E-state index in [0.717, 1.165) is 0 Å². The summed E-state index contributed by atoms with van der Waals surface area (Å²) in [5.74, 6) is -0.234. The minimum atomic E-state index is -0.576. The Morgan fingerprint density at radius 3 is 2.73 bits per heavy atom. The molecule has 0 bridgehead atoms. The van der Waals surface area contributed by atoms with E-state index in [2.05, 4.69) is 33.5 Å². The first-order valence-electron chi connectivity index (χ1n) is 2.61. The lowest BCUT2D eigenvalue weighted by atomic mass is 10.5. The van der Waals surface area contributed by atoms with Gasteiger partial charge >= 0.3 is 5.82 Å². The molecule has 0 aliphatic rings. The summed E-state index contributed by atoms with van der Waals surface area (Å²) in [6.45, 7) is 0. The molecule has 1 heterocycles. The zero-order valence-electron chi connectivity index (χ0n) is 5.19. The van der Waals surface area contributed by atoms with Crippen LogP contribution in [0.1, 0.15) is 0 Å². The van der Waals surface area contributed by atoms with Crippen molar-refractivity contribution < 1.29 is 4.92 Å². The maximum absolute atomic E-state index is 10.2. The molecular formula is C5H3BrN2O2S. The van der Waals surface area contributed by atoms with Gasteiger partial charge in [-0.1, -0.05) is 0 Å². The molecule has 0 fully saturated rings. The maximum atomic E-state index is 10.2. The lowest BCUT2D eigenvalue weighted by molar-refractivity contribution is -0.392. The second-order valence-corrected chi connectivity index (χ2v) is 3.03. The molecule has 0 unspecified atom stereocenters. The van der Waals surface area contributed by atoms with Crippen molar-refractivity contribution >= 4 is 34.4 Å². The summed E-state index contributed by atoms with van der Waals surface area (Å²) in [6.07, 6.45) is 0. The normalized spacial score (nSPS) is 9.64. The van der Waals surface area contributed by atoms with Crippen molar-refractivity contribution in [3.63, 3.8) is 0 Å². The first-order valence-corrected chi connectivity index (χ1v) is 3.85. The third-order valence-electron chi connectivity index (χ3n) is 0.993. The quantitative estimate of drug-likeness (QED) is 0.350. The van der Waals surface area contributed by atoms with Gasteiger partial charge in [0.05, 0.1) is 0 Å². The van der Waals surface area contributed by atoms with Crippen LogP contribution in [0.2, 0.25) is 0 Å². The summed E-state index contributed by atoms with van der Waals surface area (Å²) in [4.78, 5) is 13.5. The summed E-state index contributed by atoms with van der Waals surface area (Å²) < 4.78 is 0.432. The summed E-state index contributed by atoms with van der Waals surface area (Å²) in [6, 6.07) is 3.10. The van der Waals surface area contributed by atoms with E-state index in [1.165, 1.54) is 6.07 Å². The second-order valence-electron chi connectivity index (χ2n) is 1.73. The highest BCUT2D eigenvalue weighted by Crippen LogP contribution is 2.21. The molecule has 0 aliphatic heterocycles. The minimum absolute atomic E-state index is 0.234. The zero-order valence-corrected chi connectivity index (χ0v) is 7.67. The monoisotopic (exact) mass is 234 g/mol. The number of hydrogen-bond donors (Lipinski definition) is 1. The Kier molecular flexibility index (Phi) is 2.45. The maximum Gasteiger partial charge on any atom is 0.378 e. The third-order valence-corrected chi connectivity index (χ3v) is 1.78. The van der Waals surface area contributed by atoms with E-state index in [-0.39, 0.29) is 10.7 Å². The van der Waals surface area contributed by atoms with E-state index in [1.807, 2.05) is 0 Å². The molecule has 0 radical (unpaired) electrons. The Labute approximate surface area is 76.3 Å². The van der Waals surface area contributed by atoms with Gasteiger partial charge in [0.15, 0.2) is 0 Å². The highest BCUT2D eigenvalue weighted by Gasteiger charge is 2.12. The van der Waals surface area contributed by atoms with Crippen LogP contribution in [0.15, 0.2) is 21.6 Å². The van der Waals surface area contributed by atoms with Crippen molar-refractivity contribution in [1.82, 2.24) is 4.98 Å². The van der Waals surface area contributed by atoms with Crippen LogP contribution >= 0.6 is 28.6 Å². The lowest BCUT2D eigenvalue weighted by Gasteiger charge is -1.93. The van der Waals surface area contributed by atoms with Gasteiger partial charge < -0.3 is 10.1 Å². The Hall–Kier alpha value is -0.620. The molecule has 0 atom stereocenters. The minimum Gasteiger partial charge on any atom is -0.358 e. The molecule has 1 aromatic heterocycles. The Bertz CT molecular complexity index is 305. The first-order chi connectivity index (χ1) is 5.11. The largest absolute Gasteiger partial charge is 0.378 e. The van der Waals surface area contributed by atoms with Crippen molar-refractivity contribution in [2.24, 2.45) is 0 Å². The lowest BCUT2D eigenvalue weighted by Crippen LogP contribution is -1.93. The molecule has 6 heteroatoms. The average Bonchev–Trinajstić information content (AvgIpc) is 1.94. The van der Waals surface area contributed by atoms with E-state index in [1.54, 1.807) is 6.07 Å². The topological polar surface area (TPSA) is 56.0 Å². The van der Waals surface area contributed by atoms with Crippen molar-refractivity contribution in [3.8, 4) is 0 Å². The smallest absolute Gasteiger partial charge is 0.358 e. The molecule has 0 saturated carbocycles. The number of halogens is 1. The van der Waals surface area contributed by atoms with Crippen molar-refractivity contribution in [1.29, 1.82) is 0 Å². The van der Waals surface area contributed by atoms with E-state index in [0.29, 0.717) is 4.60 Å². The molecule has 0 N–H and O–H groups in total. The standard InChI is InChI=1S/C5H3BrN2O2S/c6-4-2-1-3(11)5(7-4)8(9)10/h1-2,11H. The average molecular weight is 235 g/mol. The fourth-order valence-corrected chi connectivity index (χ4v) is 1.06. The van der Waals surface area contributed by atoms with Crippen molar-refractivity contribution in [3.05, 3.63) is 26.9 Å². The van der Waals surface area contributed by atoms with Gasteiger partial charge in [-0.25, -0.2) is 0 Å². The van der Waals surface area contributed by atoms with Crippen LogP contribution in [0, 0.1) is 10.1 Å². The molecule has 1 aromatic rings. The predicted molar refractivity (Wildman–Crippen MR) is 45.8 cm³/mol. The van der Waals surface area contributed by atoms with Gasteiger partial charge in [-0.2, -0.15) is 0 Å². The van der Waals surface area contributed by atoms with Gasteiger partial charge in [0.25, 0.3) is 0 Å². The van der Waals surface area contributed by atoms with Crippen LogP contribution < -0.4 is 0 Å². The molecule has 0 amide bonds. The van der Waals surface area contributed by atoms with Gasteiger partial charge in [-0.15, -0.1) is 12.6 Å². The number of nitro groups is 1. The second kappa shape index (κ2) is 3.19. The van der Waals surface area contributed by atoms with Gasteiger partial charge in [0.2, 0.25) is 4.60 Å². The van der Waals surface area contributed by atoms with Crippen LogP contribution in [0.3, 0.4) is 0 Å². The third kappa shape index (κ3) is 1.90. The first kappa shape index (κ1) is 8.48. The summed E-state index contributed by atoms with van der Waals surface area (Å²) in [7, 11) is 0. The molecule has 4 nitrogen and oxygen atoms in total. The Morgan fingerprint density at radius 2 is 2.27 bits per heavy atom. The molecule has 11 heavy (non-hydrogen) atoms. The van der Waals surface area contributed by atoms with E-state index < -0.39 is 4.92 Å². The highest BCUT2D eigenvalue weighted by atomic mass is 79.9. The molecular weight excluding hydrogens is 232 g/mol. The number of nitrogens with zero attached hydrogens (tertiary/aromatic N) is 2.